The molecule has 0 aliphatic heterocycles. The van der Waals surface area contributed by atoms with Crippen molar-refractivity contribution in [2.75, 3.05) is 26.2 Å². The van der Waals surface area contributed by atoms with E-state index in [-0.39, 0.29) is 0 Å². The summed E-state index contributed by atoms with van der Waals surface area (Å²) >= 11 is 1.33. The fourth-order valence-corrected chi connectivity index (χ4v) is 0.868. The molecule has 0 aliphatic carbocycles. The van der Waals surface area contributed by atoms with Crippen LogP contribution in [0.2, 0.25) is 0 Å². The van der Waals surface area contributed by atoms with E-state index >= 15 is 0 Å². The fourth-order valence-electron chi connectivity index (χ4n) is 0.868. The summed E-state index contributed by atoms with van der Waals surface area (Å²) in [4.78, 5) is 0. The van der Waals surface area contributed by atoms with E-state index in [1.807, 2.05) is 55.4 Å². The third-order valence-electron chi connectivity index (χ3n) is 1.94. The first-order valence-corrected chi connectivity index (χ1v) is 10.7. The van der Waals surface area contributed by atoms with Gasteiger partial charge in [-0.1, -0.05) is 55.4 Å². The molecule has 25 heavy (non-hydrogen) atoms. The van der Waals surface area contributed by atoms with Gasteiger partial charge in [-0.15, -0.1) is 12.1 Å². The summed E-state index contributed by atoms with van der Waals surface area (Å²) in [6.07, 6.45) is 3.51. The van der Waals surface area contributed by atoms with E-state index in [0.29, 0.717) is 18.1 Å². The van der Waals surface area contributed by atoms with Crippen LogP contribution in [0.1, 0.15) is 69.2 Å². The number of nitrogens with zero attached hydrogens (tertiary/aromatic N) is 5. The van der Waals surface area contributed by atoms with E-state index in [1.54, 1.807) is 12.4 Å². The van der Waals surface area contributed by atoms with E-state index in [9.17, 15) is 0 Å². The molecule has 0 radical (unpaired) electrons. The van der Waals surface area contributed by atoms with Crippen molar-refractivity contribution in [2.45, 2.75) is 87.4 Å². The minimum absolute atomic E-state index is 0.374. The van der Waals surface area contributed by atoms with E-state index in [2.05, 4.69) is 38.6 Å². The molecule has 0 aromatic rings. The molecule has 0 unspecified atom stereocenters. The first-order chi connectivity index (χ1) is 11.7. The van der Waals surface area contributed by atoms with Crippen molar-refractivity contribution in [2.24, 2.45) is 3.50 Å². The molecule has 0 N–H and O–H groups in total. The molecule has 0 aliphatic rings. The molecular weight excluding hydrogens is 482 g/mol. The van der Waals surface area contributed by atoms with Crippen LogP contribution in [0.15, 0.2) is 15.9 Å². The number of hydrogen-bond donors (Lipinski definition) is 0. The summed E-state index contributed by atoms with van der Waals surface area (Å²) in [5.41, 5.74) is 0. The van der Waals surface area contributed by atoms with Crippen molar-refractivity contribution in [1.29, 1.82) is 0 Å². The van der Waals surface area contributed by atoms with Crippen LogP contribution >= 0.6 is 0 Å². The van der Waals surface area contributed by atoms with Gasteiger partial charge in [-0.3, -0.25) is 0 Å². The van der Waals surface area contributed by atoms with E-state index in [1.165, 1.54) is 19.6 Å². The Kier molecular flexibility index (Phi) is 40.9. The van der Waals surface area contributed by atoms with Crippen LogP contribution in [0.3, 0.4) is 0 Å². The summed E-state index contributed by atoms with van der Waals surface area (Å²) in [6.45, 7) is 24.4. The Morgan fingerprint density at radius 2 is 0.920 bits per heavy atom. The predicted molar refractivity (Wildman–Crippen MR) is 113 cm³/mol. The molecule has 0 bridgehead atoms. The van der Waals surface area contributed by atoms with Crippen LogP contribution in [0.5, 0.6) is 0 Å². The molecule has 6 heteroatoms. The molecule has 0 fully saturated rings. The second-order valence-corrected chi connectivity index (χ2v) is 6.45. The summed E-state index contributed by atoms with van der Waals surface area (Å²) in [6, 6.07) is 1.29. The average molecular weight is 525 g/mol. The minimum atomic E-state index is 0.374. The van der Waals surface area contributed by atoms with Gasteiger partial charge in [0, 0.05) is 0 Å². The topological polar surface area (TPSA) is 68.8 Å². The van der Waals surface area contributed by atoms with Gasteiger partial charge in [0.15, 0.2) is 0 Å². The zero-order valence-corrected chi connectivity index (χ0v) is 21.3. The number of hydrogen-bond acceptors (Lipinski definition) is 1. The predicted octanol–water partition coefficient (Wildman–Crippen LogP) is 6.95. The maximum Gasteiger partial charge on any atom is -0.0844 e. The van der Waals surface area contributed by atoms with Crippen LogP contribution in [-0.4, -0.2) is 44.3 Å². The molecule has 0 spiro atoms. The Morgan fingerprint density at radius 1 is 0.680 bits per heavy atom. The molecule has 5 nitrogen and oxygen atoms in total. The Labute approximate surface area is 170 Å². The van der Waals surface area contributed by atoms with Gasteiger partial charge in [0.1, 0.15) is 0 Å². The van der Waals surface area contributed by atoms with Gasteiger partial charge in [0.05, 0.1) is 0 Å². The molecular formula is C19H43N5W-4. The smallest absolute Gasteiger partial charge is 0.0844 e. The average Bonchev–Trinajstić information content (AvgIpc) is 2.54. The van der Waals surface area contributed by atoms with Gasteiger partial charge >= 0.3 is 43.0 Å². The Hall–Kier alpha value is -0.252. The summed E-state index contributed by atoms with van der Waals surface area (Å²) in [7, 11) is 0. The van der Waals surface area contributed by atoms with Gasteiger partial charge in [0.25, 0.3) is 0 Å². The van der Waals surface area contributed by atoms with Crippen molar-refractivity contribution in [3.63, 3.8) is 0 Å². The maximum absolute atomic E-state index is 4.12. The normalized spacial score (nSPS) is 9.64. The SMILES string of the molecule is CC(C)[N-]/C=C\[N-]C(C)C.CC(C)[N]=[W].CC[N-]CC.CC[N-]CC. The monoisotopic (exact) mass is 525 g/mol. The fraction of sp³-hybridized carbons (Fsp3) is 0.895. The van der Waals surface area contributed by atoms with Crippen LogP contribution in [0.25, 0.3) is 21.3 Å². The summed E-state index contributed by atoms with van der Waals surface area (Å²) in [5, 5.41) is 16.2. The first-order valence-electron chi connectivity index (χ1n) is 9.36. The standard InChI is InChI=1S/C8H16N2.2C4H10N.C3H7N.W/c1-7(2)9-5-6-10-8(3)4;2*1-3-5-4-2;1-3(2)4;/h5-8H,1-4H3;2*3-4H2,1-2H3;3H,1-2H3;/q-2;2*-1;;/b6-5-;;;;. The van der Waals surface area contributed by atoms with Crippen molar-refractivity contribution in [1.82, 2.24) is 0 Å². The Bertz CT molecular complexity index is 222. The molecule has 0 rings (SSSR count). The zero-order valence-electron chi connectivity index (χ0n) is 18.4. The minimum Gasteiger partial charge on any atom is -0.663 e. The van der Waals surface area contributed by atoms with Crippen LogP contribution in [0, 0.1) is 0 Å². The van der Waals surface area contributed by atoms with Crippen LogP contribution in [0.4, 0.5) is 0 Å². The quantitative estimate of drug-likeness (QED) is 0.313. The summed E-state index contributed by atoms with van der Waals surface area (Å²) < 4.78 is 3.97. The number of rotatable bonds is 9. The molecule has 0 saturated carbocycles. The third kappa shape index (κ3) is 69.1. The van der Waals surface area contributed by atoms with Gasteiger partial charge in [0.2, 0.25) is 0 Å². The van der Waals surface area contributed by atoms with E-state index in [0.717, 1.165) is 26.2 Å². The van der Waals surface area contributed by atoms with Gasteiger partial charge < -0.3 is 21.3 Å². The van der Waals surface area contributed by atoms with Gasteiger partial charge in [-0.25, -0.2) is 12.4 Å². The molecule has 0 heterocycles. The molecule has 0 aromatic carbocycles. The Morgan fingerprint density at radius 3 is 1.00 bits per heavy atom. The van der Waals surface area contributed by atoms with E-state index in [4.69, 9.17) is 0 Å². The molecule has 0 amide bonds. The first kappa shape index (κ1) is 32.4. The second-order valence-electron chi connectivity index (χ2n) is 5.70. The van der Waals surface area contributed by atoms with Crippen LogP contribution < -0.4 is 0 Å². The largest absolute Gasteiger partial charge is 0.663 e. The van der Waals surface area contributed by atoms with Crippen molar-refractivity contribution < 1.29 is 19.6 Å². The van der Waals surface area contributed by atoms with Crippen LogP contribution in [-0.2, 0) is 19.6 Å². The third-order valence-corrected chi connectivity index (χ3v) is 3.46. The molecule has 154 valence electrons. The van der Waals surface area contributed by atoms with Crippen molar-refractivity contribution >= 4 is 0 Å². The maximum atomic E-state index is 4.12. The van der Waals surface area contributed by atoms with Crippen molar-refractivity contribution in [3.05, 3.63) is 33.7 Å². The van der Waals surface area contributed by atoms with Gasteiger partial charge in [-0.2, -0.15) is 26.2 Å². The zero-order chi connectivity index (χ0) is 20.5. The van der Waals surface area contributed by atoms with E-state index < -0.39 is 0 Å². The van der Waals surface area contributed by atoms with Crippen molar-refractivity contribution in [3.8, 4) is 0 Å². The second kappa shape index (κ2) is 31.5. The molecule has 0 atom stereocenters. The summed E-state index contributed by atoms with van der Waals surface area (Å²) in [5.74, 6) is 0. The Balaban J connectivity index is -0.000000126. The molecule has 0 saturated heterocycles. The van der Waals surface area contributed by atoms with Gasteiger partial charge in [-0.05, 0) is 0 Å². The molecule has 0 aromatic heterocycles.